The molecule has 0 saturated heterocycles. The third kappa shape index (κ3) is 4.72. The Kier molecular flexibility index (Phi) is 6.59. The van der Waals surface area contributed by atoms with Gasteiger partial charge in [-0.2, -0.15) is 8.42 Å². The van der Waals surface area contributed by atoms with E-state index in [1.54, 1.807) is 19.1 Å². The molecule has 0 radical (unpaired) electrons. The standard InChI is InChI=1S/C19H17ClN2O6S2/c1-3-28-18(24)12-4-9-15-16(10-12)29-19(22(15)11-17(23)27-2)21-30(25,26)14-7-5-13(20)6-8-14/h4-10H,3,11H2,1-2H3/b21-19-. The molecule has 0 aliphatic rings. The van der Waals surface area contributed by atoms with E-state index in [2.05, 4.69) is 4.40 Å². The van der Waals surface area contributed by atoms with Crippen molar-refractivity contribution in [2.75, 3.05) is 13.7 Å². The van der Waals surface area contributed by atoms with Gasteiger partial charge in [0, 0.05) is 5.02 Å². The zero-order valence-corrected chi connectivity index (χ0v) is 18.4. The van der Waals surface area contributed by atoms with Gasteiger partial charge in [-0.05, 0) is 49.4 Å². The Labute approximate surface area is 181 Å². The first kappa shape index (κ1) is 22.0. The molecule has 0 saturated carbocycles. The summed E-state index contributed by atoms with van der Waals surface area (Å²) >= 11 is 6.85. The molecular formula is C19H17ClN2O6S2. The van der Waals surface area contributed by atoms with Gasteiger partial charge in [0.05, 0.1) is 34.4 Å². The number of hydrogen-bond donors (Lipinski definition) is 0. The molecule has 3 aromatic rings. The van der Waals surface area contributed by atoms with Crippen LogP contribution in [0.25, 0.3) is 10.2 Å². The van der Waals surface area contributed by atoms with E-state index >= 15 is 0 Å². The summed E-state index contributed by atoms with van der Waals surface area (Å²) in [4.78, 5) is 23.9. The van der Waals surface area contributed by atoms with Crippen LogP contribution in [0, 0.1) is 0 Å². The molecule has 8 nitrogen and oxygen atoms in total. The molecule has 30 heavy (non-hydrogen) atoms. The predicted octanol–water partition coefficient (Wildman–Crippen LogP) is 3.00. The first-order chi connectivity index (χ1) is 14.2. The molecule has 1 aromatic heterocycles. The van der Waals surface area contributed by atoms with Gasteiger partial charge >= 0.3 is 11.9 Å². The first-order valence-electron chi connectivity index (χ1n) is 8.69. The molecule has 0 aliphatic carbocycles. The molecule has 3 rings (SSSR count). The SMILES string of the molecule is CCOC(=O)c1ccc2c(c1)s/c(=N\S(=O)(=O)c1ccc(Cl)cc1)n2CC(=O)OC. The Balaban J connectivity index is 2.19. The molecule has 0 bridgehead atoms. The number of esters is 2. The number of thiazole rings is 1. The number of halogens is 1. The highest BCUT2D eigenvalue weighted by atomic mass is 35.5. The van der Waals surface area contributed by atoms with E-state index in [1.807, 2.05) is 0 Å². The number of hydrogen-bond acceptors (Lipinski definition) is 7. The highest BCUT2D eigenvalue weighted by Gasteiger charge is 2.17. The van der Waals surface area contributed by atoms with Crippen LogP contribution in [0.15, 0.2) is 51.8 Å². The van der Waals surface area contributed by atoms with Crippen LogP contribution in [0.4, 0.5) is 0 Å². The van der Waals surface area contributed by atoms with Gasteiger partial charge in [-0.1, -0.05) is 22.9 Å². The summed E-state index contributed by atoms with van der Waals surface area (Å²) in [6, 6.07) is 10.3. The molecule has 0 aliphatic heterocycles. The largest absolute Gasteiger partial charge is 0.468 e. The van der Waals surface area contributed by atoms with Crippen molar-refractivity contribution in [1.82, 2.24) is 4.57 Å². The summed E-state index contributed by atoms with van der Waals surface area (Å²) < 4.78 is 41.1. The van der Waals surface area contributed by atoms with Crippen LogP contribution in [-0.2, 0) is 30.8 Å². The summed E-state index contributed by atoms with van der Waals surface area (Å²) in [5.74, 6) is -1.07. The highest BCUT2D eigenvalue weighted by Crippen LogP contribution is 2.21. The normalized spacial score (nSPS) is 12.2. The molecule has 0 unspecified atom stereocenters. The lowest BCUT2D eigenvalue weighted by atomic mass is 10.2. The topological polar surface area (TPSA) is 104 Å². The number of rotatable bonds is 6. The summed E-state index contributed by atoms with van der Waals surface area (Å²) in [6.07, 6.45) is 0. The Hall–Kier alpha value is -2.69. The second-order valence-corrected chi connectivity index (χ2v) is 9.02. The fourth-order valence-corrected chi connectivity index (χ4v) is 4.99. The van der Waals surface area contributed by atoms with Crippen LogP contribution in [0.5, 0.6) is 0 Å². The van der Waals surface area contributed by atoms with E-state index < -0.39 is 22.0 Å². The van der Waals surface area contributed by atoms with Crippen LogP contribution in [0.3, 0.4) is 0 Å². The van der Waals surface area contributed by atoms with Crippen LogP contribution in [0.1, 0.15) is 17.3 Å². The van der Waals surface area contributed by atoms with Crippen LogP contribution >= 0.6 is 22.9 Å². The summed E-state index contributed by atoms with van der Waals surface area (Å²) in [5.41, 5.74) is 0.839. The minimum atomic E-state index is -4.07. The fraction of sp³-hybridized carbons (Fsp3) is 0.211. The Morgan fingerprint density at radius 3 is 2.50 bits per heavy atom. The smallest absolute Gasteiger partial charge is 0.338 e. The van der Waals surface area contributed by atoms with Crippen molar-refractivity contribution in [3.8, 4) is 0 Å². The van der Waals surface area contributed by atoms with Crippen LogP contribution in [0.2, 0.25) is 5.02 Å². The number of carbonyl (C=O) groups excluding carboxylic acids is 2. The second-order valence-electron chi connectivity index (χ2n) is 5.97. The van der Waals surface area contributed by atoms with Gasteiger partial charge in [-0.25, -0.2) is 4.79 Å². The number of benzene rings is 2. The van der Waals surface area contributed by atoms with Crippen LogP contribution < -0.4 is 4.80 Å². The number of sulfonamides is 1. The maximum atomic E-state index is 12.8. The quantitative estimate of drug-likeness (QED) is 0.515. The molecule has 0 N–H and O–H groups in total. The van der Waals surface area contributed by atoms with Crippen molar-refractivity contribution < 1.29 is 27.5 Å². The molecule has 11 heteroatoms. The fourth-order valence-electron chi connectivity index (χ4n) is 2.59. The lowest BCUT2D eigenvalue weighted by Gasteiger charge is -2.05. The highest BCUT2D eigenvalue weighted by molar-refractivity contribution is 7.90. The van der Waals surface area contributed by atoms with E-state index in [4.69, 9.17) is 21.1 Å². The van der Waals surface area contributed by atoms with Crippen molar-refractivity contribution in [1.29, 1.82) is 0 Å². The molecule has 2 aromatic carbocycles. The van der Waals surface area contributed by atoms with Gasteiger partial charge in [0.2, 0.25) is 4.80 Å². The van der Waals surface area contributed by atoms with Crippen molar-refractivity contribution in [3.05, 3.63) is 57.9 Å². The van der Waals surface area contributed by atoms with Crippen molar-refractivity contribution in [2.24, 2.45) is 4.40 Å². The van der Waals surface area contributed by atoms with Crippen LogP contribution in [-0.4, -0.2) is 38.6 Å². The maximum Gasteiger partial charge on any atom is 0.338 e. The zero-order chi connectivity index (χ0) is 21.9. The van der Waals surface area contributed by atoms with Crippen molar-refractivity contribution >= 4 is 55.1 Å². The van der Waals surface area contributed by atoms with E-state index in [-0.39, 0.29) is 22.8 Å². The van der Waals surface area contributed by atoms with Crippen molar-refractivity contribution in [3.63, 3.8) is 0 Å². The average Bonchev–Trinajstić information content (AvgIpc) is 3.03. The molecule has 0 fully saturated rings. The summed E-state index contributed by atoms with van der Waals surface area (Å²) in [7, 11) is -2.83. The maximum absolute atomic E-state index is 12.8. The van der Waals surface area contributed by atoms with Gasteiger partial charge in [-0.15, -0.1) is 4.40 Å². The number of ether oxygens (including phenoxy) is 2. The lowest BCUT2D eigenvalue weighted by molar-refractivity contribution is -0.141. The predicted molar refractivity (Wildman–Crippen MR) is 112 cm³/mol. The number of carbonyl (C=O) groups is 2. The minimum Gasteiger partial charge on any atom is -0.468 e. The minimum absolute atomic E-state index is 0.0406. The summed E-state index contributed by atoms with van der Waals surface area (Å²) in [6.45, 7) is 1.68. The van der Waals surface area contributed by atoms with Gasteiger partial charge < -0.3 is 14.0 Å². The van der Waals surface area contributed by atoms with Gasteiger partial charge in [0.25, 0.3) is 10.0 Å². The Morgan fingerprint density at radius 1 is 1.17 bits per heavy atom. The third-order valence-electron chi connectivity index (χ3n) is 4.02. The lowest BCUT2D eigenvalue weighted by Crippen LogP contribution is -2.22. The average molecular weight is 469 g/mol. The molecule has 158 valence electrons. The zero-order valence-electron chi connectivity index (χ0n) is 16.0. The second kappa shape index (κ2) is 8.99. The Bertz CT molecular complexity index is 1280. The van der Waals surface area contributed by atoms with E-state index in [0.717, 1.165) is 11.3 Å². The van der Waals surface area contributed by atoms with Gasteiger partial charge in [-0.3, -0.25) is 4.79 Å². The number of nitrogens with zero attached hydrogens (tertiary/aromatic N) is 2. The molecule has 0 atom stereocenters. The first-order valence-corrected chi connectivity index (χ1v) is 11.3. The molecule has 0 amide bonds. The third-order valence-corrected chi connectivity index (χ3v) is 6.71. The summed E-state index contributed by atoms with van der Waals surface area (Å²) in [5, 5.41) is 0.392. The molecule has 0 spiro atoms. The van der Waals surface area contributed by atoms with E-state index in [0.29, 0.717) is 20.8 Å². The Morgan fingerprint density at radius 2 is 1.87 bits per heavy atom. The van der Waals surface area contributed by atoms with Gasteiger partial charge in [0.1, 0.15) is 6.54 Å². The number of aromatic nitrogens is 1. The number of methoxy groups -OCH3 is 1. The van der Waals surface area contributed by atoms with E-state index in [1.165, 1.54) is 42.0 Å². The monoisotopic (exact) mass is 468 g/mol. The van der Waals surface area contributed by atoms with Gasteiger partial charge in [0.15, 0.2) is 0 Å². The molecular weight excluding hydrogens is 452 g/mol. The number of fused-ring (bicyclic) bond motifs is 1. The van der Waals surface area contributed by atoms with Crippen molar-refractivity contribution in [2.45, 2.75) is 18.4 Å². The van der Waals surface area contributed by atoms with E-state index in [9.17, 15) is 18.0 Å². The molecule has 1 heterocycles.